The monoisotopic (exact) mass is 455 g/mol. The molecule has 0 aliphatic rings. The predicted molar refractivity (Wildman–Crippen MR) is 134 cm³/mol. The Morgan fingerprint density at radius 2 is 1.38 bits per heavy atom. The van der Waals surface area contributed by atoms with Crippen molar-refractivity contribution in [2.45, 2.75) is 25.7 Å². The molecular weight excluding hydrogens is 431 g/mol. The molecule has 5 rings (SSSR count). The fourth-order valence-electron chi connectivity index (χ4n) is 4.59. The third kappa shape index (κ3) is 4.42. The molecule has 0 spiro atoms. The topological polar surface area (TPSA) is 12.0 Å². The maximum atomic E-state index is 13.3. The SMILES string of the molecule is C[C@@H](NCc1cc(-c2cccc(C(F)(F)F)c2)c2ccccc2c1)c1cccc2ccccc12. The zero-order valence-corrected chi connectivity index (χ0v) is 18.7. The fourth-order valence-corrected chi connectivity index (χ4v) is 4.59. The number of halogens is 3. The van der Waals surface area contributed by atoms with E-state index in [0.29, 0.717) is 12.1 Å². The molecule has 5 aromatic rings. The molecule has 4 heteroatoms. The summed E-state index contributed by atoms with van der Waals surface area (Å²) in [4.78, 5) is 0. The van der Waals surface area contributed by atoms with Gasteiger partial charge in [0.05, 0.1) is 5.56 Å². The highest BCUT2D eigenvalue weighted by atomic mass is 19.4. The van der Waals surface area contributed by atoms with Crippen molar-refractivity contribution in [3.63, 3.8) is 0 Å². The Kier molecular flexibility index (Phi) is 5.84. The molecule has 0 aromatic heterocycles. The predicted octanol–water partition coefficient (Wildman–Crippen LogP) is 8.53. The molecular formula is C30H24F3N. The van der Waals surface area contributed by atoms with Crippen LogP contribution in [0, 0.1) is 0 Å². The smallest absolute Gasteiger partial charge is 0.306 e. The first-order valence-electron chi connectivity index (χ1n) is 11.3. The van der Waals surface area contributed by atoms with Crippen LogP contribution in [0.25, 0.3) is 32.7 Å². The summed E-state index contributed by atoms with van der Waals surface area (Å²) in [6, 6.07) is 32.2. The van der Waals surface area contributed by atoms with Gasteiger partial charge in [0.1, 0.15) is 0 Å². The van der Waals surface area contributed by atoms with Crippen LogP contribution in [-0.2, 0) is 12.7 Å². The average molecular weight is 456 g/mol. The largest absolute Gasteiger partial charge is 0.416 e. The molecule has 0 aliphatic heterocycles. The summed E-state index contributed by atoms with van der Waals surface area (Å²) in [6.45, 7) is 2.73. The van der Waals surface area contributed by atoms with Gasteiger partial charge in [0.25, 0.3) is 0 Å². The summed E-state index contributed by atoms with van der Waals surface area (Å²) in [5.41, 5.74) is 2.98. The molecule has 34 heavy (non-hydrogen) atoms. The lowest BCUT2D eigenvalue weighted by atomic mass is 9.94. The Balaban J connectivity index is 1.49. The van der Waals surface area contributed by atoms with Gasteiger partial charge in [-0.1, -0.05) is 78.9 Å². The highest BCUT2D eigenvalue weighted by Gasteiger charge is 2.30. The number of hydrogen-bond acceptors (Lipinski definition) is 1. The molecule has 1 N–H and O–H groups in total. The van der Waals surface area contributed by atoms with Crippen LogP contribution in [0.1, 0.15) is 29.7 Å². The van der Waals surface area contributed by atoms with Gasteiger partial charge in [-0.05, 0) is 75.0 Å². The summed E-state index contributed by atoms with van der Waals surface area (Å²) in [7, 11) is 0. The lowest BCUT2D eigenvalue weighted by molar-refractivity contribution is -0.137. The lowest BCUT2D eigenvalue weighted by Crippen LogP contribution is -2.18. The van der Waals surface area contributed by atoms with E-state index in [-0.39, 0.29) is 6.04 Å². The van der Waals surface area contributed by atoms with Gasteiger partial charge in [-0.3, -0.25) is 0 Å². The van der Waals surface area contributed by atoms with Gasteiger partial charge in [0.15, 0.2) is 0 Å². The molecule has 1 nitrogen and oxygen atoms in total. The van der Waals surface area contributed by atoms with Gasteiger partial charge in [0.2, 0.25) is 0 Å². The third-order valence-corrected chi connectivity index (χ3v) is 6.32. The van der Waals surface area contributed by atoms with Crippen molar-refractivity contribution in [1.82, 2.24) is 5.32 Å². The highest BCUT2D eigenvalue weighted by Crippen LogP contribution is 2.35. The van der Waals surface area contributed by atoms with Crippen LogP contribution in [-0.4, -0.2) is 0 Å². The van der Waals surface area contributed by atoms with Gasteiger partial charge < -0.3 is 5.32 Å². The molecule has 1 atom stereocenters. The minimum absolute atomic E-state index is 0.106. The van der Waals surface area contributed by atoms with E-state index >= 15 is 0 Å². The third-order valence-electron chi connectivity index (χ3n) is 6.32. The minimum atomic E-state index is -4.38. The Labute approximate surface area is 196 Å². The number of fused-ring (bicyclic) bond motifs is 2. The number of rotatable bonds is 5. The molecule has 0 saturated heterocycles. The zero-order chi connectivity index (χ0) is 23.7. The number of nitrogens with one attached hydrogen (secondary N) is 1. The molecule has 0 saturated carbocycles. The maximum absolute atomic E-state index is 13.3. The fraction of sp³-hybridized carbons (Fsp3) is 0.133. The maximum Gasteiger partial charge on any atom is 0.416 e. The number of benzene rings is 5. The first-order chi connectivity index (χ1) is 16.4. The molecule has 170 valence electrons. The zero-order valence-electron chi connectivity index (χ0n) is 18.7. The van der Waals surface area contributed by atoms with Crippen LogP contribution in [0.3, 0.4) is 0 Å². The van der Waals surface area contributed by atoms with E-state index in [1.54, 1.807) is 6.07 Å². The Bertz CT molecular complexity index is 1460. The Morgan fingerprint density at radius 1 is 0.706 bits per heavy atom. The van der Waals surface area contributed by atoms with Crippen LogP contribution >= 0.6 is 0 Å². The Morgan fingerprint density at radius 3 is 2.18 bits per heavy atom. The second-order valence-corrected chi connectivity index (χ2v) is 8.61. The molecule has 5 aromatic carbocycles. The van der Waals surface area contributed by atoms with Crippen LogP contribution in [0.2, 0.25) is 0 Å². The van der Waals surface area contributed by atoms with E-state index in [4.69, 9.17) is 0 Å². The van der Waals surface area contributed by atoms with Gasteiger partial charge in [-0.25, -0.2) is 0 Å². The molecule has 0 heterocycles. The van der Waals surface area contributed by atoms with E-state index in [9.17, 15) is 13.2 Å². The van der Waals surface area contributed by atoms with Crippen molar-refractivity contribution < 1.29 is 13.2 Å². The first-order valence-corrected chi connectivity index (χ1v) is 11.3. The second kappa shape index (κ2) is 8.96. The Hall–Kier alpha value is -3.63. The highest BCUT2D eigenvalue weighted by molar-refractivity contribution is 5.97. The second-order valence-electron chi connectivity index (χ2n) is 8.61. The van der Waals surface area contributed by atoms with Crippen molar-refractivity contribution >= 4 is 21.5 Å². The quantitative estimate of drug-likeness (QED) is 0.280. The van der Waals surface area contributed by atoms with E-state index in [0.717, 1.165) is 28.0 Å². The van der Waals surface area contributed by atoms with Crippen molar-refractivity contribution in [2.24, 2.45) is 0 Å². The van der Waals surface area contributed by atoms with Crippen molar-refractivity contribution in [2.75, 3.05) is 0 Å². The van der Waals surface area contributed by atoms with Gasteiger partial charge in [0, 0.05) is 12.6 Å². The summed E-state index contributed by atoms with van der Waals surface area (Å²) >= 11 is 0. The molecule has 0 unspecified atom stereocenters. The standard InChI is InChI=1S/C30H24F3N/c1-20(26-15-7-10-22-8-2-4-13-27(22)26)34-19-21-16-23-9-3-5-14-28(23)29(17-21)24-11-6-12-25(18-24)30(31,32)33/h2-18,20,34H,19H2,1H3/t20-/m1/s1. The summed E-state index contributed by atoms with van der Waals surface area (Å²) in [6.07, 6.45) is -4.38. The minimum Gasteiger partial charge on any atom is -0.306 e. The van der Waals surface area contributed by atoms with Gasteiger partial charge in [-0.15, -0.1) is 0 Å². The first kappa shape index (κ1) is 22.2. The van der Waals surface area contributed by atoms with E-state index in [1.807, 2.05) is 42.5 Å². The molecule has 0 aliphatic carbocycles. The molecule has 0 fully saturated rings. The van der Waals surface area contributed by atoms with Crippen molar-refractivity contribution in [3.8, 4) is 11.1 Å². The average Bonchev–Trinajstić information content (AvgIpc) is 2.86. The van der Waals surface area contributed by atoms with Gasteiger partial charge in [-0.2, -0.15) is 13.2 Å². The number of alkyl halides is 3. The van der Waals surface area contributed by atoms with Crippen LogP contribution in [0.15, 0.2) is 103 Å². The van der Waals surface area contributed by atoms with Crippen molar-refractivity contribution in [1.29, 1.82) is 0 Å². The van der Waals surface area contributed by atoms with Crippen LogP contribution < -0.4 is 5.32 Å². The molecule has 0 amide bonds. The normalized spacial score (nSPS) is 12.8. The molecule has 0 bridgehead atoms. The summed E-state index contributed by atoms with van der Waals surface area (Å²) in [5, 5.41) is 7.97. The lowest BCUT2D eigenvalue weighted by Gasteiger charge is -2.18. The summed E-state index contributed by atoms with van der Waals surface area (Å²) < 4.78 is 40.0. The number of hydrogen-bond donors (Lipinski definition) is 1. The summed E-state index contributed by atoms with van der Waals surface area (Å²) in [5.74, 6) is 0. The van der Waals surface area contributed by atoms with E-state index in [2.05, 4.69) is 48.6 Å². The molecule has 0 radical (unpaired) electrons. The van der Waals surface area contributed by atoms with Crippen LogP contribution in [0.5, 0.6) is 0 Å². The van der Waals surface area contributed by atoms with Gasteiger partial charge >= 0.3 is 6.18 Å². The van der Waals surface area contributed by atoms with E-state index in [1.165, 1.54) is 28.5 Å². The van der Waals surface area contributed by atoms with Crippen molar-refractivity contribution in [3.05, 3.63) is 120 Å². The van der Waals surface area contributed by atoms with E-state index < -0.39 is 11.7 Å². The van der Waals surface area contributed by atoms with Crippen LogP contribution in [0.4, 0.5) is 13.2 Å².